The molecule has 1 atom stereocenters. The summed E-state index contributed by atoms with van der Waals surface area (Å²) >= 11 is 0. The maximum absolute atomic E-state index is 13.5. The standard InChI is InChI=1S/C25H23N3O/c1-17-12-13-22-20(15-17)16-21(18(2)27-22)25(29)28(3)24(19-9-5-4-6-10-19)23-11-7-8-14-26-23/h4-16,24H,1-3H3. The van der Waals surface area contributed by atoms with Gasteiger partial charge in [0.15, 0.2) is 0 Å². The van der Waals surface area contributed by atoms with E-state index in [1.165, 1.54) is 0 Å². The third-order valence-corrected chi connectivity index (χ3v) is 5.18. The first-order valence-electron chi connectivity index (χ1n) is 9.65. The number of benzene rings is 2. The summed E-state index contributed by atoms with van der Waals surface area (Å²) in [6.07, 6.45) is 1.76. The van der Waals surface area contributed by atoms with E-state index >= 15 is 0 Å². The first kappa shape index (κ1) is 18.8. The van der Waals surface area contributed by atoms with Crippen molar-refractivity contribution in [3.63, 3.8) is 0 Å². The molecule has 0 saturated carbocycles. The number of amides is 1. The summed E-state index contributed by atoms with van der Waals surface area (Å²) in [7, 11) is 1.83. The number of hydrogen-bond donors (Lipinski definition) is 0. The van der Waals surface area contributed by atoms with E-state index in [9.17, 15) is 4.79 Å². The monoisotopic (exact) mass is 381 g/mol. The Labute approximate surface area is 170 Å². The van der Waals surface area contributed by atoms with Gasteiger partial charge in [-0.05, 0) is 49.7 Å². The van der Waals surface area contributed by atoms with E-state index in [4.69, 9.17) is 0 Å². The van der Waals surface area contributed by atoms with Crippen molar-refractivity contribution in [1.82, 2.24) is 14.9 Å². The smallest absolute Gasteiger partial charge is 0.256 e. The third-order valence-electron chi connectivity index (χ3n) is 5.18. The zero-order valence-corrected chi connectivity index (χ0v) is 16.8. The van der Waals surface area contributed by atoms with E-state index in [-0.39, 0.29) is 11.9 Å². The minimum absolute atomic E-state index is 0.0714. The van der Waals surface area contributed by atoms with Crippen molar-refractivity contribution >= 4 is 16.8 Å². The van der Waals surface area contributed by atoms with Gasteiger partial charge < -0.3 is 4.90 Å². The zero-order valence-electron chi connectivity index (χ0n) is 16.8. The van der Waals surface area contributed by atoms with Gasteiger partial charge in [0.1, 0.15) is 0 Å². The molecule has 0 aliphatic carbocycles. The molecule has 1 amide bonds. The summed E-state index contributed by atoms with van der Waals surface area (Å²) in [5.41, 5.74) is 5.23. The van der Waals surface area contributed by atoms with E-state index in [2.05, 4.69) is 16.0 Å². The molecule has 144 valence electrons. The summed E-state index contributed by atoms with van der Waals surface area (Å²) < 4.78 is 0. The molecular formula is C25H23N3O. The molecule has 2 heterocycles. The number of carbonyl (C=O) groups is 1. The van der Waals surface area contributed by atoms with Gasteiger partial charge in [-0.1, -0.05) is 48.0 Å². The van der Waals surface area contributed by atoms with Crippen LogP contribution in [0.25, 0.3) is 10.9 Å². The molecule has 0 aliphatic heterocycles. The molecule has 29 heavy (non-hydrogen) atoms. The second-order valence-electron chi connectivity index (χ2n) is 7.30. The van der Waals surface area contributed by atoms with Gasteiger partial charge in [0.2, 0.25) is 0 Å². The van der Waals surface area contributed by atoms with Crippen LogP contribution >= 0.6 is 0 Å². The molecular weight excluding hydrogens is 358 g/mol. The Morgan fingerprint density at radius 2 is 1.69 bits per heavy atom. The highest BCUT2D eigenvalue weighted by molar-refractivity contribution is 5.99. The fourth-order valence-corrected chi connectivity index (χ4v) is 3.68. The molecule has 0 fully saturated rings. The van der Waals surface area contributed by atoms with Crippen LogP contribution in [0.1, 0.15) is 38.9 Å². The van der Waals surface area contributed by atoms with Crippen molar-refractivity contribution in [2.75, 3.05) is 7.05 Å². The number of rotatable bonds is 4. The normalized spacial score (nSPS) is 12.0. The number of fused-ring (bicyclic) bond motifs is 1. The molecule has 0 saturated heterocycles. The van der Waals surface area contributed by atoms with Crippen LogP contribution in [-0.2, 0) is 0 Å². The summed E-state index contributed by atoms with van der Waals surface area (Å²) in [5, 5.41) is 0.974. The van der Waals surface area contributed by atoms with Crippen LogP contribution in [0, 0.1) is 13.8 Å². The van der Waals surface area contributed by atoms with E-state index in [1.54, 1.807) is 11.1 Å². The summed E-state index contributed by atoms with van der Waals surface area (Å²) in [5.74, 6) is -0.0714. The molecule has 0 bridgehead atoms. The van der Waals surface area contributed by atoms with Gasteiger partial charge in [0, 0.05) is 18.6 Å². The predicted octanol–water partition coefficient (Wildman–Crippen LogP) is 5.11. The Morgan fingerprint density at radius 1 is 0.931 bits per heavy atom. The Hall–Kier alpha value is -3.53. The Balaban J connectivity index is 1.78. The molecule has 2 aromatic carbocycles. The second-order valence-corrected chi connectivity index (χ2v) is 7.30. The van der Waals surface area contributed by atoms with Crippen molar-refractivity contribution < 1.29 is 4.79 Å². The number of nitrogens with zero attached hydrogens (tertiary/aromatic N) is 3. The minimum Gasteiger partial charge on any atom is -0.329 e. The van der Waals surface area contributed by atoms with Crippen molar-refractivity contribution in [1.29, 1.82) is 0 Å². The second kappa shape index (κ2) is 7.84. The van der Waals surface area contributed by atoms with E-state index in [1.807, 2.05) is 87.6 Å². The highest BCUT2D eigenvalue weighted by atomic mass is 16.2. The molecule has 4 heteroatoms. The minimum atomic E-state index is -0.280. The molecule has 0 aliphatic rings. The Morgan fingerprint density at radius 3 is 2.41 bits per heavy atom. The van der Waals surface area contributed by atoms with Crippen molar-refractivity contribution in [3.8, 4) is 0 Å². The fourth-order valence-electron chi connectivity index (χ4n) is 3.68. The van der Waals surface area contributed by atoms with Crippen LogP contribution in [0.4, 0.5) is 0 Å². The van der Waals surface area contributed by atoms with E-state index in [0.29, 0.717) is 5.56 Å². The molecule has 1 unspecified atom stereocenters. The van der Waals surface area contributed by atoms with Crippen molar-refractivity contribution in [2.45, 2.75) is 19.9 Å². The Kier molecular flexibility index (Phi) is 5.09. The van der Waals surface area contributed by atoms with Gasteiger partial charge in [-0.15, -0.1) is 0 Å². The fraction of sp³-hybridized carbons (Fsp3) is 0.160. The highest BCUT2D eigenvalue weighted by Crippen LogP contribution is 2.28. The van der Waals surface area contributed by atoms with Gasteiger partial charge >= 0.3 is 0 Å². The molecule has 4 nitrogen and oxygen atoms in total. The van der Waals surface area contributed by atoms with Crippen LogP contribution in [0.15, 0.2) is 79.0 Å². The van der Waals surface area contributed by atoms with Crippen molar-refractivity contribution in [3.05, 3.63) is 107 Å². The first-order chi connectivity index (χ1) is 14.0. The average molecular weight is 381 g/mol. The molecule has 0 spiro atoms. The van der Waals surface area contributed by atoms with Crippen LogP contribution in [0.2, 0.25) is 0 Å². The van der Waals surface area contributed by atoms with Gasteiger partial charge in [0.25, 0.3) is 5.91 Å². The molecule has 4 aromatic rings. The van der Waals surface area contributed by atoms with Gasteiger partial charge in [-0.3, -0.25) is 14.8 Å². The van der Waals surface area contributed by atoms with Gasteiger partial charge in [0.05, 0.1) is 28.5 Å². The number of hydrogen-bond acceptors (Lipinski definition) is 3. The molecule has 4 rings (SSSR count). The molecule has 0 radical (unpaired) electrons. The quantitative estimate of drug-likeness (QED) is 0.494. The predicted molar refractivity (Wildman–Crippen MR) is 116 cm³/mol. The lowest BCUT2D eigenvalue weighted by Gasteiger charge is -2.29. The summed E-state index contributed by atoms with van der Waals surface area (Å²) in [4.78, 5) is 24.5. The van der Waals surface area contributed by atoms with Gasteiger partial charge in [-0.2, -0.15) is 0 Å². The largest absolute Gasteiger partial charge is 0.329 e. The third kappa shape index (κ3) is 3.74. The maximum atomic E-state index is 13.5. The Bertz CT molecular complexity index is 1120. The van der Waals surface area contributed by atoms with Crippen molar-refractivity contribution in [2.24, 2.45) is 0 Å². The lowest BCUT2D eigenvalue weighted by molar-refractivity contribution is 0.0751. The summed E-state index contributed by atoms with van der Waals surface area (Å²) in [6.45, 7) is 3.93. The van der Waals surface area contributed by atoms with Crippen LogP contribution in [-0.4, -0.2) is 27.8 Å². The average Bonchev–Trinajstić information content (AvgIpc) is 2.75. The first-order valence-corrected chi connectivity index (χ1v) is 9.65. The lowest BCUT2D eigenvalue weighted by Crippen LogP contribution is -2.33. The lowest BCUT2D eigenvalue weighted by atomic mass is 10.00. The zero-order chi connectivity index (χ0) is 20.4. The highest BCUT2D eigenvalue weighted by Gasteiger charge is 2.26. The topological polar surface area (TPSA) is 46.1 Å². The van der Waals surface area contributed by atoms with E-state index in [0.717, 1.165) is 33.4 Å². The van der Waals surface area contributed by atoms with Gasteiger partial charge in [-0.25, -0.2) is 0 Å². The maximum Gasteiger partial charge on any atom is 0.256 e. The van der Waals surface area contributed by atoms with Crippen LogP contribution in [0.5, 0.6) is 0 Å². The molecule has 2 aromatic heterocycles. The molecule has 0 N–H and O–H groups in total. The summed E-state index contributed by atoms with van der Waals surface area (Å²) in [6, 6.07) is 23.5. The SMILES string of the molecule is Cc1ccc2nc(C)c(C(=O)N(C)C(c3ccccc3)c3ccccn3)cc2c1. The van der Waals surface area contributed by atoms with E-state index < -0.39 is 0 Å². The number of aromatic nitrogens is 2. The number of pyridine rings is 2. The van der Waals surface area contributed by atoms with Crippen LogP contribution in [0.3, 0.4) is 0 Å². The van der Waals surface area contributed by atoms with Crippen LogP contribution < -0.4 is 0 Å². The number of aryl methyl sites for hydroxylation is 2. The number of carbonyl (C=O) groups excluding carboxylic acids is 1.